The first-order valence-corrected chi connectivity index (χ1v) is 6.92. The number of hydrogen-bond acceptors (Lipinski definition) is 1. The van der Waals surface area contributed by atoms with Gasteiger partial charge < -0.3 is 0 Å². The highest BCUT2D eigenvalue weighted by molar-refractivity contribution is 9.10. The van der Waals surface area contributed by atoms with E-state index in [0.717, 1.165) is 10.0 Å². The fraction of sp³-hybridized carbons (Fsp3) is 0.133. The minimum absolute atomic E-state index is 0.205. The van der Waals surface area contributed by atoms with Gasteiger partial charge in [0.05, 0.1) is 0 Å². The molecule has 0 heterocycles. The van der Waals surface area contributed by atoms with Gasteiger partial charge in [-0.25, -0.2) is 4.39 Å². The van der Waals surface area contributed by atoms with Gasteiger partial charge in [0.1, 0.15) is 11.2 Å². The summed E-state index contributed by atoms with van der Waals surface area (Å²) in [5.74, 6) is -0.555. The molecule has 19 heavy (non-hydrogen) atoms. The lowest BCUT2D eigenvalue weighted by molar-refractivity contribution is 0.0986. The number of halogens is 3. The fourth-order valence-corrected chi connectivity index (χ4v) is 2.48. The van der Waals surface area contributed by atoms with Crippen LogP contribution in [0.2, 0.25) is 0 Å². The lowest BCUT2D eigenvalue weighted by Gasteiger charge is -2.11. The topological polar surface area (TPSA) is 17.1 Å². The summed E-state index contributed by atoms with van der Waals surface area (Å²) in [6.45, 7) is 1.90. The molecule has 0 saturated carbocycles. The van der Waals surface area contributed by atoms with Crippen LogP contribution in [0.15, 0.2) is 46.9 Å². The van der Waals surface area contributed by atoms with E-state index < -0.39 is 5.38 Å². The smallest absolute Gasteiger partial charge is 0.186 e. The molecule has 1 unspecified atom stereocenters. The summed E-state index contributed by atoms with van der Waals surface area (Å²) in [5.41, 5.74) is 2.08. The quantitative estimate of drug-likeness (QED) is 0.563. The Morgan fingerprint density at radius 3 is 2.47 bits per heavy atom. The fourth-order valence-electron chi connectivity index (χ4n) is 1.76. The second kappa shape index (κ2) is 5.85. The largest absolute Gasteiger partial charge is 0.292 e. The molecule has 2 aromatic carbocycles. The number of hydrogen-bond donors (Lipinski definition) is 0. The lowest BCUT2D eigenvalue weighted by atomic mass is 10.0. The van der Waals surface area contributed by atoms with Gasteiger partial charge in [0, 0.05) is 10.0 Å². The van der Waals surface area contributed by atoms with Gasteiger partial charge >= 0.3 is 0 Å². The van der Waals surface area contributed by atoms with Gasteiger partial charge in [0.2, 0.25) is 0 Å². The minimum Gasteiger partial charge on any atom is -0.292 e. The zero-order valence-electron chi connectivity index (χ0n) is 10.2. The number of Topliss-reactive ketones (excluding diaryl/α,β-unsaturated/α-hetero) is 1. The number of carbonyl (C=O) groups is 1. The first kappa shape index (κ1) is 14.2. The molecule has 1 nitrogen and oxygen atoms in total. The van der Waals surface area contributed by atoms with E-state index in [2.05, 4.69) is 15.9 Å². The number of rotatable bonds is 3. The molecule has 0 aromatic heterocycles. The molecule has 0 aliphatic rings. The molecule has 0 spiro atoms. The molecule has 2 aromatic rings. The standard InChI is InChI=1S/C15H11BrClFO/c1-9-3-2-4-12(13(9)16)15(19)14(17)10-5-7-11(18)8-6-10/h2-8,14H,1H3. The van der Waals surface area contributed by atoms with Crippen LogP contribution in [-0.2, 0) is 0 Å². The third kappa shape index (κ3) is 3.04. The predicted molar refractivity (Wildman–Crippen MR) is 78.2 cm³/mol. The maximum Gasteiger partial charge on any atom is 0.186 e. The van der Waals surface area contributed by atoms with Crippen molar-refractivity contribution >= 4 is 33.3 Å². The zero-order chi connectivity index (χ0) is 14.0. The molecule has 0 bridgehead atoms. The van der Waals surface area contributed by atoms with Crippen molar-refractivity contribution in [2.75, 3.05) is 0 Å². The van der Waals surface area contributed by atoms with Crippen molar-refractivity contribution < 1.29 is 9.18 Å². The Balaban J connectivity index is 2.33. The average Bonchev–Trinajstić information content (AvgIpc) is 2.41. The van der Waals surface area contributed by atoms with E-state index in [1.54, 1.807) is 6.07 Å². The van der Waals surface area contributed by atoms with Gasteiger partial charge in [0.15, 0.2) is 5.78 Å². The zero-order valence-corrected chi connectivity index (χ0v) is 12.5. The Labute approximate surface area is 124 Å². The lowest BCUT2D eigenvalue weighted by Crippen LogP contribution is -2.08. The Kier molecular flexibility index (Phi) is 4.38. The van der Waals surface area contributed by atoms with E-state index in [-0.39, 0.29) is 11.6 Å². The summed E-state index contributed by atoms with van der Waals surface area (Å²) in [4.78, 5) is 12.3. The van der Waals surface area contributed by atoms with E-state index in [1.807, 2.05) is 19.1 Å². The molecule has 4 heteroatoms. The van der Waals surface area contributed by atoms with Crippen molar-refractivity contribution in [1.29, 1.82) is 0 Å². The van der Waals surface area contributed by atoms with Crippen LogP contribution in [0, 0.1) is 12.7 Å². The number of aryl methyl sites for hydroxylation is 1. The van der Waals surface area contributed by atoms with Crippen LogP contribution in [0.3, 0.4) is 0 Å². The van der Waals surface area contributed by atoms with Gasteiger partial charge in [-0.1, -0.05) is 30.3 Å². The van der Waals surface area contributed by atoms with E-state index in [0.29, 0.717) is 11.1 Å². The van der Waals surface area contributed by atoms with E-state index in [4.69, 9.17) is 11.6 Å². The summed E-state index contributed by atoms with van der Waals surface area (Å²) < 4.78 is 13.6. The van der Waals surface area contributed by atoms with E-state index in [9.17, 15) is 9.18 Å². The normalized spacial score (nSPS) is 12.2. The highest BCUT2D eigenvalue weighted by Gasteiger charge is 2.21. The van der Waals surface area contributed by atoms with E-state index in [1.165, 1.54) is 24.3 Å². The minimum atomic E-state index is -0.821. The highest BCUT2D eigenvalue weighted by atomic mass is 79.9. The van der Waals surface area contributed by atoms with Gasteiger partial charge in [-0.15, -0.1) is 11.6 Å². The Bertz CT molecular complexity index is 610. The van der Waals surface area contributed by atoms with Crippen LogP contribution in [0.25, 0.3) is 0 Å². The SMILES string of the molecule is Cc1cccc(C(=O)C(Cl)c2ccc(F)cc2)c1Br. The Hall–Kier alpha value is -1.19. The van der Waals surface area contributed by atoms with Crippen LogP contribution in [0.5, 0.6) is 0 Å². The van der Waals surface area contributed by atoms with Crippen LogP contribution in [0.4, 0.5) is 4.39 Å². The molecular formula is C15H11BrClFO. The molecule has 0 aliphatic carbocycles. The molecule has 0 fully saturated rings. The van der Waals surface area contributed by atoms with Crippen LogP contribution < -0.4 is 0 Å². The van der Waals surface area contributed by atoms with Gasteiger partial charge in [-0.3, -0.25) is 4.79 Å². The maximum absolute atomic E-state index is 12.9. The first-order valence-electron chi connectivity index (χ1n) is 5.69. The van der Waals surface area contributed by atoms with Crippen molar-refractivity contribution in [2.24, 2.45) is 0 Å². The second-order valence-electron chi connectivity index (χ2n) is 4.21. The second-order valence-corrected chi connectivity index (χ2v) is 5.44. The summed E-state index contributed by atoms with van der Waals surface area (Å²) >= 11 is 9.57. The van der Waals surface area contributed by atoms with Gasteiger partial charge in [0.25, 0.3) is 0 Å². The average molecular weight is 342 g/mol. The maximum atomic E-state index is 12.9. The number of carbonyl (C=O) groups excluding carboxylic acids is 1. The molecule has 0 saturated heterocycles. The predicted octanol–water partition coefficient (Wildman–Crippen LogP) is 5.06. The van der Waals surface area contributed by atoms with Crippen LogP contribution in [0.1, 0.15) is 26.9 Å². The first-order chi connectivity index (χ1) is 9.00. The molecule has 2 rings (SSSR count). The number of ketones is 1. The third-order valence-electron chi connectivity index (χ3n) is 2.85. The highest BCUT2D eigenvalue weighted by Crippen LogP contribution is 2.30. The molecule has 0 radical (unpaired) electrons. The number of alkyl halides is 1. The van der Waals surface area contributed by atoms with Gasteiger partial charge in [-0.2, -0.15) is 0 Å². The summed E-state index contributed by atoms with van der Waals surface area (Å²) in [6.07, 6.45) is 0. The monoisotopic (exact) mass is 340 g/mol. The summed E-state index contributed by atoms with van der Waals surface area (Å²) in [7, 11) is 0. The van der Waals surface area contributed by atoms with E-state index >= 15 is 0 Å². The van der Waals surface area contributed by atoms with Crippen molar-refractivity contribution in [1.82, 2.24) is 0 Å². The summed E-state index contributed by atoms with van der Waals surface area (Å²) in [5, 5.41) is -0.821. The van der Waals surface area contributed by atoms with Crippen molar-refractivity contribution in [3.63, 3.8) is 0 Å². The van der Waals surface area contributed by atoms with Gasteiger partial charge in [-0.05, 0) is 46.1 Å². The molecule has 1 atom stereocenters. The van der Waals surface area contributed by atoms with Crippen molar-refractivity contribution in [3.05, 3.63) is 69.4 Å². The molecular weight excluding hydrogens is 331 g/mol. The molecule has 0 aliphatic heterocycles. The Morgan fingerprint density at radius 2 is 1.84 bits per heavy atom. The molecule has 0 N–H and O–H groups in total. The molecule has 98 valence electrons. The third-order valence-corrected chi connectivity index (χ3v) is 4.35. The van der Waals surface area contributed by atoms with Crippen molar-refractivity contribution in [3.8, 4) is 0 Å². The van der Waals surface area contributed by atoms with Crippen LogP contribution in [-0.4, -0.2) is 5.78 Å². The number of benzene rings is 2. The Morgan fingerprint density at radius 1 is 1.21 bits per heavy atom. The summed E-state index contributed by atoms with van der Waals surface area (Å²) in [6, 6.07) is 11.1. The molecule has 0 amide bonds. The van der Waals surface area contributed by atoms with Crippen LogP contribution >= 0.6 is 27.5 Å². The van der Waals surface area contributed by atoms with Crippen molar-refractivity contribution in [2.45, 2.75) is 12.3 Å².